The third-order valence-electron chi connectivity index (χ3n) is 3.13. The average molecular weight is 185 g/mol. The molecule has 0 saturated carbocycles. The van der Waals surface area contributed by atoms with Crippen LogP contribution in [0.5, 0.6) is 0 Å². The number of rotatable bonds is 2. The normalized spacial score (nSPS) is 24.8. The lowest BCUT2D eigenvalue weighted by Crippen LogP contribution is -2.45. The summed E-state index contributed by atoms with van der Waals surface area (Å²) < 4.78 is 0. The zero-order valence-electron chi connectivity index (χ0n) is 8.63. The van der Waals surface area contributed by atoms with Crippen molar-refractivity contribution in [3.8, 4) is 0 Å². The molecule has 1 saturated heterocycles. The molecule has 0 spiro atoms. The van der Waals surface area contributed by atoms with Gasteiger partial charge in [-0.15, -0.1) is 0 Å². The van der Waals surface area contributed by atoms with Crippen molar-refractivity contribution in [2.45, 2.75) is 20.3 Å². The first-order valence-corrected chi connectivity index (χ1v) is 4.68. The number of likely N-dealkylation sites (tertiary alicyclic amines) is 1. The topological polar surface area (TPSA) is 58.4 Å². The van der Waals surface area contributed by atoms with Crippen LogP contribution in [0.2, 0.25) is 0 Å². The number of nitrogens with zero attached hydrogens (tertiary/aromatic N) is 1. The molecular formula is C9H19N3O. The molecule has 13 heavy (non-hydrogen) atoms. The van der Waals surface area contributed by atoms with E-state index in [2.05, 4.69) is 17.4 Å². The van der Waals surface area contributed by atoms with E-state index < -0.39 is 0 Å². The van der Waals surface area contributed by atoms with Gasteiger partial charge in [0.2, 0.25) is 5.91 Å². The van der Waals surface area contributed by atoms with E-state index in [0.717, 1.165) is 19.5 Å². The van der Waals surface area contributed by atoms with Gasteiger partial charge in [-0.1, -0.05) is 13.8 Å². The molecule has 1 fully saturated rings. The molecule has 0 aromatic heterocycles. The van der Waals surface area contributed by atoms with Gasteiger partial charge in [0.15, 0.2) is 0 Å². The van der Waals surface area contributed by atoms with E-state index in [1.807, 2.05) is 13.8 Å². The first kappa shape index (κ1) is 10.5. The largest absolute Gasteiger partial charge is 0.306 e. The zero-order valence-corrected chi connectivity index (χ0v) is 8.63. The van der Waals surface area contributed by atoms with Gasteiger partial charge in [0, 0.05) is 12.0 Å². The van der Waals surface area contributed by atoms with Crippen LogP contribution in [0, 0.1) is 11.3 Å². The fourth-order valence-corrected chi connectivity index (χ4v) is 1.90. The second-order valence-electron chi connectivity index (χ2n) is 4.44. The first-order valence-electron chi connectivity index (χ1n) is 4.68. The van der Waals surface area contributed by atoms with E-state index in [1.165, 1.54) is 0 Å². The molecule has 3 N–H and O–H groups in total. The van der Waals surface area contributed by atoms with Crippen molar-refractivity contribution in [3.63, 3.8) is 0 Å². The number of hydrogen-bond acceptors (Lipinski definition) is 3. The smallest absolute Gasteiger partial charge is 0.239 e. The monoisotopic (exact) mass is 185 g/mol. The average Bonchev–Trinajstić information content (AvgIpc) is 2.50. The maximum absolute atomic E-state index is 11.5. The van der Waals surface area contributed by atoms with E-state index in [4.69, 9.17) is 5.84 Å². The number of nitrogens with two attached hydrogens (primary N) is 1. The van der Waals surface area contributed by atoms with Gasteiger partial charge in [-0.2, -0.15) is 0 Å². The number of hydrogen-bond donors (Lipinski definition) is 2. The highest BCUT2D eigenvalue weighted by Crippen LogP contribution is 2.33. The van der Waals surface area contributed by atoms with Crippen LogP contribution in [0.3, 0.4) is 0 Å². The maximum Gasteiger partial charge on any atom is 0.239 e. The lowest BCUT2D eigenvalue weighted by molar-refractivity contribution is -0.132. The summed E-state index contributed by atoms with van der Waals surface area (Å²) in [5.74, 6) is 5.50. The Balaban J connectivity index is 2.64. The lowest BCUT2D eigenvalue weighted by atomic mass is 9.77. The molecular weight excluding hydrogens is 166 g/mol. The quantitative estimate of drug-likeness (QED) is 0.360. The molecule has 0 aromatic carbocycles. The summed E-state index contributed by atoms with van der Waals surface area (Å²) in [5.41, 5.74) is 1.89. The number of carbonyl (C=O) groups is 1. The Hall–Kier alpha value is -0.610. The van der Waals surface area contributed by atoms with Crippen LogP contribution in [0.1, 0.15) is 20.3 Å². The summed E-state index contributed by atoms with van der Waals surface area (Å²) in [6, 6.07) is 0. The summed E-state index contributed by atoms with van der Waals surface area (Å²) in [6.07, 6.45) is 1.08. The van der Waals surface area contributed by atoms with Crippen LogP contribution < -0.4 is 11.3 Å². The third-order valence-corrected chi connectivity index (χ3v) is 3.13. The van der Waals surface area contributed by atoms with E-state index in [9.17, 15) is 4.79 Å². The molecule has 1 unspecified atom stereocenters. The maximum atomic E-state index is 11.5. The number of amides is 1. The summed E-state index contributed by atoms with van der Waals surface area (Å²) in [4.78, 5) is 13.7. The van der Waals surface area contributed by atoms with Gasteiger partial charge in [0.05, 0.1) is 0 Å². The number of hydrazine groups is 1. The molecule has 1 aliphatic rings. The molecule has 4 heteroatoms. The number of nitrogens with one attached hydrogen (secondary N) is 1. The minimum Gasteiger partial charge on any atom is -0.306 e. The third kappa shape index (κ3) is 2.00. The molecule has 1 rings (SSSR count). The van der Waals surface area contributed by atoms with Crippen LogP contribution in [-0.4, -0.2) is 30.9 Å². The minimum atomic E-state index is -0.348. The molecule has 0 radical (unpaired) electrons. The molecule has 0 bridgehead atoms. The Labute approximate surface area is 79.4 Å². The van der Waals surface area contributed by atoms with Gasteiger partial charge < -0.3 is 4.90 Å². The van der Waals surface area contributed by atoms with Crippen LogP contribution in [0.15, 0.2) is 0 Å². The Morgan fingerprint density at radius 1 is 1.62 bits per heavy atom. The van der Waals surface area contributed by atoms with Gasteiger partial charge in [-0.05, 0) is 25.9 Å². The molecule has 1 aliphatic heterocycles. The van der Waals surface area contributed by atoms with E-state index in [0.29, 0.717) is 5.92 Å². The molecule has 4 nitrogen and oxygen atoms in total. The van der Waals surface area contributed by atoms with Crippen LogP contribution >= 0.6 is 0 Å². The van der Waals surface area contributed by atoms with Crippen LogP contribution in [0.4, 0.5) is 0 Å². The van der Waals surface area contributed by atoms with Gasteiger partial charge in [-0.3, -0.25) is 10.2 Å². The van der Waals surface area contributed by atoms with Crippen molar-refractivity contribution in [2.24, 2.45) is 17.2 Å². The predicted octanol–water partition coefficient (Wildman–Crippen LogP) is -0.0458. The van der Waals surface area contributed by atoms with Crippen LogP contribution in [0.25, 0.3) is 0 Å². The van der Waals surface area contributed by atoms with Gasteiger partial charge >= 0.3 is 0 Å². The molecule has 76 valence electrons. The fourth-order valence-electron chi connectivity index (χ4n) is 1.90. The first-order chi connectivity index (χ1) is 5.98. The highest BCUT2D eigenvalue weighted by atomic mass is 16.2. The SMILES string of the molecule is CN1CCC(C(C)(C)C(=O)NN)C1. The molecule has 1 amide bonds. The summed E-state index contributed by atoms with van der Waals surface area (Å²) in [7, 11) is 2.08. The van der Waals surface area contributed by atoms with Crippen molar-refractivity contribution in [2.75, 3.05) is 20.1 Å². The van der Waals surface area contributed by atoms with Crippen molar-refractivity contribution in [1.29, 1.82) is 0 Å². The van der Waals surface area contributed by atoms with Gasteiger partial charge in [-0.25, -0.2) is 5.84 Å². The second kappa shape index (κ2) is 3.64. The van der Waals surface area contributed by atoms with Crippen LogP contribution in [-0.2, 0) is 4.79 Å². The molecule has 0 aromatic rings. The zero-order chi connectivity index (χ0) is 10.1. The summed E-state index contributed by atoms with van der Waals surface area (Å²) in [5, 5.41) is 0. The van der Waals surface area contributed by atoms with Crippen molar-refractivity contribution >= 4 is 5.91 Å². The standard InChI is InChI=1S/C9H19N3O/c1-9(2,8(13)11-10)7-4-5-12(3)6-7/h7H,4-6,10H2,1-3H3,(H,11,13). The van der Waals surface area contributed by atoms with Gasteiger partial charge in [0.25, 0.3) is 0 Å². The van der Waals surface area contributed by atoms with Gasteiger partial charge in [0.1, 0.15) is 0 Å². The van der Waals surface area contributed by atoms with Crippen molar-refractivity contribution < 1.29 is 4.79 Å². The van der Waals surface area contributed by atoms with E-state index in [-0.39, 0.29) is 11.3 Å². The Morgan fingerprint density at radius 3 is 2.62 bits per heavy atom. The Bertz CT molecular complexity index is 203. The summed E-state index contributed by atoms with van der Waals surface area (Å²) in [6.45, 7) is 5.98. The highest BCUT2D eigenvalue weighted by molar-refractivity contribution is 5.81. The van der Waals surface area contributed by atoms with Crippen molar-refractivity contribution in [3.05, 3.63) is 0 Å². The second-order valence-corrected chi connectivity index (χ2v) is 4.44. The van der Waals surface area contributed by atoms with E-state index in [1.54, 1.807) is 0 Å². The summed E-state index contributed by atoms with van der Waals surface area (Å²) >= 11 is 0. The Morgan fingerprint density at radius 2 is 2.23 bits per heavy atom. The number of carbonyl (C=O) groups excluding carboxylic acids is 1. The highest BCUT2D eigenvalue weighted by Gasteiger charge is 2.39. The lowest BCUT2D eigenvalue weighted by Gasteiger charge is -2.29. The predicted molar refractivity (Wildman–Crippen MR) is 51.7 cm³/mol. The van der Waals surface area contributed by atoms with Crippen molar-refractivity contribution in [1.82, 2.24) is 10.3 Å². The molecule has 0 aliphatic carbocycles. The Kier molecular flexibility index (Phi) is 2.93. The fraction of sp³-hybridized carbons (Fsp3) is 0.889. The molecule has 1 atom stereocenters. The molecule has 1 heterocycles. The van der Waals surface area contributed by atoms with E-state index >= 15 is 0 Å². The minimum absolute atomic E-state index is 0.0622.